The minimum absolute atomic E-state index is 0.315. The van der Waals surface area contributed by atoms with Crippen LogP contribution in [0.15, 0.2) is 64.8 Å². The lowest BCUT2D eigenvalue weighted by atomic mass is 10.0. The Morgan fingerprint density at radius 2 is 2.05 bits per heavy atom. The fourth-order valence-electron chi connectivity index (χ4n) is 2.22. The Bertz CT molecular complexity index is 851. The monoisotopic (exact) mass is 297 g/mol. The van der Waals surface area contributed by atoms with Crippen molar-refractivity contribution in [2.24, 2.45) is 0 Å². The highest BCUT2D eigenvalue weighted by Gasteiger charge is 2.21. The number of nitrogens with zero attached hydrogens (tertiary/aromatic N) is 3. The summed E-state index contributed by atoms with van der Waals surface area (Å²) in [6.07, 6.45) is 4.58. The van der Waals surface area contributed by atoms with Gasteiger partial charge < -0.3 is 4.52 Å². The number of halogens is 1. The van der Waals surface area contributed by atoms with Gasteiger partial charge in [0.05, 0.1) is 17.8 Å². The summed E-state index contributed by atoms with van der Waals surface area (Å²) in [6, 6.07) is 7.33. The molecule has 0 N–H and O–H groups in total. The summed E-state index contributed by atoms with van der Waals surface area (Å²) in [7, 11) is 0. The van der Waals surface area contributed by atoms with Gasteiger partial charge in [-0.25, -0.2) is 19.2 Å². The predicted molar refractivity (Wildman–Crippen MR) is 79.6 cm³/mol. The van der Waals surface area contributed by atoms with Crippen LogP contribution in [-0.4, -0.2) is 14.7 Å². The van der Waals surface area contributed by atoms with Crippen molar-refractivity contribution in [3.05, 3.63) is 71.7 Å². The van der Waals surface area contributed by atoms with Crippen LogP contribution in [0.2, 0.25) is 0 Å². The van der Waals surface area contributed by atoms with Gasteiger partial charge in [-0.3, -0.25) is 0 Å². The summed E-state index contributed by atoms with van der Waals surface area (Å²) in [5.74, 6) is -0.373. The third kappa shape index (κ3) is 2.46. The molecule has 2 heterocycles. The van der Waals surface area contributed by atoms with Gasteiger partial charge in [-0.2, -0.15) is 4.74 Å². The second kappa shape index (κ2) is 5.77. The Balaban J connectivity index is 2.27. The van der Waals surface area contributed by atoms with Gasteiger partial charge in [0.1, 0.15) is 17.8 Å². The van der Waals surface area contributed by atoms with Crippen molar-refractivity contribution in [3.63, 3.8) is 0 Å². The van der Waals surface area contributed by atoms with E-state index in [-0.39, 0.29) is 5.82 Å². The molecule has 0 aliphatic heterocycles. The largest absolute Gasteiger partial charge is 0.366 e. The van der Waals surface area contributed by atoms with Crippen LogP contribution in [0.3, 0.4) is 0 Å². The number of hydrogen-bond acceptors (Lipinski definition) is 4. The zero-order chi connectivity index (χ0) is 15.5. The highest BCUT2D eigenvalue weighted by molar-refractivity contribution is 5.78. The Kier molecular flexibility index (Phi) is 3.65. The third-order valence-corrected chi connectivity index (χ3v) is 3.14. The minimum Gasteiger partial charge on any atom is -0.335 e. The van der Waals surface area contributed by atoms with Crippen LogP contribution in [-0.2, 0) is 6.54 Å². The first-order valence-corrected chi connectivity index (χ1v) is 6.58. The van der Waals surface area contributed by atoms with Gasteiger partial charge in [-0.05, 0) is 23.8 Å². The maximum Gasteiger partial charge on any atom is 0.366 e. The van der Waals surface area contributed by atoms with E-state index in [9.17, 15) is 9.18 Å². The number of aromatic nitrogens is 3. The fraction of sp³-hybridized carbons (Fsp3) is 0.0625. The molecule has 0 atom stereocenters. The molecule has 0 bridgehead atoms. The van der Waals surface area contributed by atoms with Gasteiger partial charge >= 0.3 is 5.63 Å². The molecule has 0 unspecified atom stereocenters. The van der Waals surface area contributed by atoms with Crippen molar-refractivity contribution >= 4 is 0 Å². The molecule has 0 saturated carbocycles. The van der Waals surface area contributed by atoms with Gasteiger partial charge in [-0.15, -0.1) is 6.58 Å². The van der Waals surface area contributed by atoms with Gasteiger partial charge in [0.2, 0.25) is 0 Å². The SMILES string of the molecule is C=CCn1oc(=O)c(-c2ccc(F)cc2)c1-c1ccncn1. The van der Waals surface area contributed by atoms with E-state index in [0.717, 1.165) is 0 Å². The van der Waals surface area contributed by atoms with Crippen LogP contribution in [0.4, 0.5) is 4.39 Å². The zero-order valence-corrected chi connectivity index (χ0v) is 11.6. The van der Waals surface area contributed by atoms with E-state index in [2.05, 4.69) is 16.5 Å². The van der Waals surface area contributed by atoms with Gasteiger partial charge in [0, 0.05) is 6.20 Å². The lowest BCUT2D eigenvalue weighted by molar-refractivity contribution is 0.273. The maximum absolute atomic E-state index is 13.1. The molecular formula is C16H12FN3O2. The minimum atomic E-state index is -0.512. The number of allylic oxidation sites excluding steroid dienone is 1. The molecule has 1 aromatic carbocycles. The molecule has 0 radical (unpaired) electrons. The van der Waals surface area contributed by atoms with Crippen molar-refractivity contribution in [1.29, 1.82) is 0 Å². The van der Waals surface area contributed by atoms with Crippen LogP contribution in [0.1, 0.15) is 0 Å². The average Bonchev–Trinajstić information content (AvgIpc) is 2.86. The molecular weight excluding hydrogens is 285 g/mol. The Morgan fingerprint density at radius 3 is 2.68 bits per heavy atom. The highest BCUT2D eigenvalue weighted by Crippen LogP contribution is 2.29. The molecule has 0 saturated heterocycles. The van der Waals surface area contributed by atoms with E-state index in [1.807, 2.05) is 0 Å². The molecule has 110 valence electrons. The summed E-state index contributed by atoms with van der Waals surface area (Å²) in [4.78, 5) is 20.3. The van der Waals surface area contributed by atoms with Crippen molar-refractivity contribution in [1.82, 2.24) is 14.7 Å². The van der Waals surface area contributed by atoms with Crippen LogP contribution in [0.5, 0.6) is 0 Å². The predicted octanol–water partition coefficient (Wildman–Crippen LogP) is 2.89. The van der Waals surface area contributed by atoms with E-state index in [1.54, 1.807) is 18.3 Å². The summed E-state index contributed by atoms with van der Waals surface area (Å²) in [6.45, 7) is 3.96. The second-order valence-electron chi connectivity index (χ2n) is 4.55. The fourth-order valence-corrected chi connectivity index (χ4v) is 2.22. The topological polar surface area (TPSA) is 60.9 Å². The molecule has 0 amide bonds. The van der Waals surface area contributed by atoms with Crippen LogP contribution >= 0.6 is 0 Å². The van der Waals surface area contributed by atoms with Gasteiger partial charge in [0.25, 0.3) is 0 Å². The van der Waals surface area contributed by atoms with E-state index >= 15 is 0 Å². The van der Waals surface area contributed by atoms with E-state index in [0.29, 0.717) is 29.1 Å². The van der Waals surface area contributed by atoms with Crippen LogP contribution in [0, 0.1) is 5.82 Å². The lowest BCUT2D eigenvalue weighted by Crippen LogP contribution is -1.99. The van der Waals surface area contributed by atoms with Gasteiger partial charge in [-0.1, -0.05) is 18.2 Å². The number of hydrogen-bond donors (Lipinski definition) is 0. The molecule has 0 aliphatic rings. The molecule has 3 aromatic rings. The molecule has 0 spiro atoms. The van der Waals surface area contributed by atoms with Crippen molar-refractivity contribution in [2.75, 3.05) is 0 Å². The third-order valence-electron chi connectivity index (χ3n) is 3.14. The number of rotatable bonds is 4. The lowest BCUT2D eigenvalue weighted by Gasteiger charge is -2.05. The van der Waals surface area contributed by atoms with E-state index in [1.165, 1.54) is 35.3 Å². The molecule has 2 aromatic heterocycles. The first kappa shape index (κ1) is 13.9. The van der Waals surface area contributed by atoms with E-state index in [4.69, 9.17) is 4.52 Å². The molecule has 0 fully saturated rings. The van der Waals surface area contributed by atoms with Crippen molar-refractivity contribution in [3.8, 4) is 22.5 Å². The van der Waals surface area contributed by atoms with Gasteiger partial charge in [0.15, 0.2) is 0 Å². The summed E-state index contributed by atoms with van der Waals surface area (Å²) < 4.78 is 19.8. The van der Waals surface area contributed by atoms with Crippen LogP contribution in [0.25, 0.3) is 22.5 Å². The standard InChI is InChI=1S/C16H12FN3O2/c1-2-9-20-15(13-7-8-18-10-19-13)14(16(21)22-20)11-3-5-12(17)6-4-11/h2-8,10H,1,9H2. The highest BCUT2D eigenvalue weighted by atomic mass is 19.1. The van der Waals surface area contributed by atoms with Crippen LogP contribution < -0.4 is 5.63 Å². The molecule has 0 aliphatic carbocycles. The Labute approximate surface area is 125 Å². The quantitative estimate of drug-likeness (QED) is 0.695. The zero-order valence-electron chi connectivity index (χ0n) is 11.6. The maximum atomic E-state index is 13.1. The summed E-state index contributed by atoms with van der Waals surface area (Å²) in [5.41, 5.74) is 1.44. The average molecular weight is 297 g/mol. The molecule has 3 rings (SSSR count). The molecule has 22 heavy (non-hydrogen) atoms. The summed E-state index contributed by atoms with van der Waals surface area (Å²) >= 11 is 0. The number of benzene rings is 1. The Hall–Kier alpha value is -3.02. The Morgan fingerprint density at radius 1 is 1.27 bits per heavy atom. The van der Waals surface area contributed by atoms with E-state index < -0.39 is 5.63 Å². The second-order valence-corrected chi connectivity index (χ2v) is 4.55. The first-order chi connectivity index (χ1) is 10.7. The normalized spacial score (nSPS) is 10.6. The first-order valence-electron chi connectivity index (χ1n) is 6.58. The molecule has 6 heteroatoms. The van der Waals surface area contributed by atoms with Crippen molar-refractivity contribution in [2.45, 2.75) is 6.54 Å². The van der Waals surface area contributed by atoms with Crippen molar-refractivity contribution < 1.29 is 8.91 Å². The molecule has 5 nitrogen and oxygen atoms in total. The smallest absolute Gasteiger partial charge is 0.335 e. The summed E-state index contributed by atoms with van der Waals surface area (Å²) in [5, 5.41) is 0.